The summed E-state index contributed by atoms with van der Waals surface area (Å²) in [4.78, 5) is 36.1. The van der Waals surface area contributed by atoms with Crippen molar-refractivity contribution in [2.45, 2.75) is 32.7 Å². The lowest BCUT2D eigenvalue weighted by Crippen LogP contribution is -2.46. The molecule has 0 aromatic carbocycles. The molecule has 0 bridgehead atoms. The smallest absolute Gasteiger partial charge is 0.263 e. The highest BCUT2D eigenvalue weighted by Crippen LogP contribution is 2.29. The predicted octanol–water partition coefficient (Wildman–Crippen LogP) is 3.45. The average molecular weight is 410 g/mol. The Hall–Kier alpha value is -3.00. The molecule has 150 valence electrons. The molecule has 0 aliphatic carbocycles. The van der Waals surface area contributed by atoms with Gasteiger partial charge in [0.05, 0.1) is 5.69 Å². The van der Waals surface area contributed by atoms with Crippen molar-refractivity contribution in [3.05, 3.63) is 58.6 Å². The van der Waals surface area contributed by atoms with E-state index in [4.69, 9.17) is 4.42 Å². The summed E-state index contributed by atoms with van der Waals surface area (Å²) in [5.74, 6) is 1.38. The van der Waals surface area contributed by atoms with Crippen LogP contribution in [0.25, 0.3) is 10.8 Å². The molecule has 0 radical (unpaired) electrons. The number of hydrogen-bond acceptors (Lipinski definition) is 6. The summed E-state index contributed by atoms with van der Waals surface area (Å²) in [5, 5.41) is 3.81. The van der Waals surface area contributed by atoms with Gasteiger partial charge in [0, 0.05) is 37.1 Å². The summed E-state index contributed by atoms with van der Waals surface area (Å²) in [6.07, 6.45) is 4.70. The second-order valence-corrected chi connectivity index (χ2v) is 8.12. The largest absolute Gasteiger partial charge is 0.459 e. The summed E-state index contributed by atoms with van der Waals surface area (Å²) >= 11 is 1.34. The number of carbonyl (C=O) groups is 2. The van der Waals surface area contributed by atoms with Crippen molar-refractivity contribution >= 4 is 23.2 Å². The minimum absolute atomic E-state index is 0.00820. The van der Waals surface area contributed by atoms with Crippen LogP contribution in [-0.4, -0.2) is 45.8 Å². The zero-order valence-electron chi connectivity index (χ0n) is 16.3. The molecule has 2 amide bonds. The van der Waals surface area contributed by atoms with Crippen molar-refractivity contribution in [3.63, 3.8) is 0 Å². The summed E-state index contributed by atoms with van der Waals surface area (Å²) < 4.78 is 5.61. The molecular weight excluding hydrogens is 388 g/mol. The number of furan rings is 1. The summed E-state index contributed by atoms with van der Waals surface area (Å²) in [6, 6.07) is 7.24. The molecule has 1 fully saturated rings. The number of thiazole rings is 1. The Morgan fingerprint density at radius 2 is 1.86 bits per heavy atom. The van der Waals surface area contributed by atoms with Crippen LogP contribution in [0.2, 0.25) is 0 Å². The molecule has 4 rings (SSSR count). The molecule has 1 aliphatic heterocycles. The van der Waals surface area contributed by atoms with E-state index in [1.54, 1.807) is 24.5 Å². The molecule has 0 spiro atoms. The summed E-state index contributed by atoms with van der Waals surface area (Å²) in [5.41, 5.74) is 1.34. The molecule has 3 aromatic heterocycles. The van der Waals surface area contributed by atoms with Gasteiger partial charge in [0.1, 0.15) is 10.6 Å². The van der Waals surface area contributed by atoms with Gasteiger partial charge in [-0.15, -0.1) is 11.3 Å². The van der Waals surface area contributed by atoms with Gasteiger partial charge in [-0.25, -0.2) is 4.98 Å². The van der Waals surface area contributed by atoms with Crippen molar-refractivity contribution in [1.29, 1.82) is 0 Å². The minimum atomic E-state index is -0.117. The number of nitrogens with one attached hydrogen (secondary N) is 1. The first-order chi connectivity index (χ1) is 14.0. The standard InChI is InChI=1S/C21H22N4O3S/c1-13-3-4-17(28-13)20-23-14(2)18(29-20)19(26)24-16-7-11-25(12-8-16)21(27)15-5-9-22-10-6-15/h3-6,9-10,16H,7-8,11-12H2,1-2H3,(H,24,26). The molecule has 3 aromatic rings. The molecule has 1 aliphatic rings. The van der Waals surface area contributed by atoms with Gasteiger partial charge in [-0.3, -0.25) is 14.6 Å². The first-order valence-electron chi connectivity index (χ1n) is 9.55. The first kappa shape index (κ1) is 19.3. The van der Waals surface area contributed by atoms with Gasteiger partial charge in [0.25, 0.3) is 11.8 Å². The normalized spacial score (nSPS) is 14.8. The lowest BCUT2D eigenvalue weighted by molar-refractivity contribution is 0.0698. The lowest BCUT2D eigenvalue weighted by Gasteiger charge is -2.32. The third kappa shape index (κ3) is 4.22. The maximum absolute atomic E-state index is 12.8. The number of nitrogens with zero attached hydrogens (tertiary/aromatic N) is 3. The van der Waals surface area contributed by atoms with E-state index in [9.17, 15) is 9.59 Å². The maximum Gasteiger partial charge on any atom is 0.263 e. The number of carbonyl (C=O) groups excluding carboxylic acids is 2. The zero-order chi connectivity index (χ0) is 20.4. The Morgan fingerprint density at radius 1 is 1.14 bits per heavy atom. The van der Waals surface area contributed by atoms with Crippen molar-refractivity contribution in [2.75, 3.05) is 13.1 Å². The Kier molecular flexibility index (Phi) is 5.44. The number of aromatic nitrogens is 2. The van der Waals surface area contributed by atoms with E-state index in [-0.39, 0.29) is 17.9 Å². The van der Waals surface area contributed by atoms with Gasteiger partial charge in [-0.2, -0.15) is 0 Å². The summed E-state index contributed by atoms with van der Waals surface area (Å²) in [7, 11) is 0. The van der Waals surface area contributed by atoms with E-state index in [1.807, 2.05) is 30.9 Å². The predicted molar refractivity (Wildman–Crippen MR) is 110 cm³/mol. The maximum atomic E-state index is 12.8. The van der Waals surface area contributed by atoms with E-state index < -0.39 is 0 Å². The van der Waals surface area contributed by atoms with Crippen LogP contribution in [-0.2, 0) is 0 Å². The van der Waals surface area contributed by atoms with Crippen LogP contribution in [0.3, 0.4) is 0 Å². The second-order valence-electron chi connectivity index (χ2n) is 7.12. The van der Waals surface area contributed by atoms with Crippen LogP contribution in [0, 0.1) is 13.8 Å². The van der Waals surface area contributed by atoms with Gasteiger partial charge in [0.2, 0.25) is 0 Å². The molecule has 0 atom stereocenters. The number of amides is 2. The Morgan fingerprint density at radius 3 is 2.52 bits per heavy atom. The van der Waals surface area contributed by atoms with Crippen LogP contribution in [0.15, 0.2) is 41.1 Å². The molecule has 8 heteroatoms. The SMILES string of the molecule is Cc1ccc(-c2nc(C)c(C(=O)NC3CCN(C(=O)c4ccncc4)CC3)s2)o1. The van der Waals surface area contributed by atoms with Crippen LogP contribution in [0.5, 0.6) is 0 Å². The highest BCUT2D eigenvalue weighted by Gasteiger charge is 2.26. The van der Waals surface area contributed by atoms with Gasteiger partial charge in [-0.05, 0) is 51.0 Å². The molecule has 0 unspecified atom stereocenters. The van der Waals surface area contributed by atoms with Crippen molar-refractivity contribution < 1.29 is 14.0 Å². The fourth-order valence-electron chi connectivity index (χ4n) is 3.42. The molecule has 1 saturated heterocycles. The topological polar surface area (TPSA) is 88.3 Å². The first-order valence-corrected chi connectivity index (χ1v) is 10.4. The number of pyridine rings is 1. The van der Waals surface area contributed by atoms with Crippen LogP contribution < -0.4 is 5.32 Å². The monoisotopic (exact) mass is 410 g/mol. The average Bonchev–Trinajstić information content (AvgIpc) is 3.34. The van der Waals surface area contributed by atoms with Crippen LogP contribution in [0.1, 0.15) is 44.3 Å². The fourth-order valence-corrected chi connectivity index (χ4v) is 4.35. The van der Waals surface area contributed by atoms with Crippen molar-refractivity contribution in [3.8, 4) is 10.8 Å². The van der Waals surface area contributed by atoms with Crippen molar-refractivity contribution in [1.82, 2.24) is 20.2 Å². The molecule has 4 heterocycles. The molecule has 0 saturated carbocycles. The Balaban J connectivity index is 1.36. The summed E-state index contributed by atoms with van der Waals surface area (Å²) in [6.45, 7) is 4.94. The van der Waals surface area contributed by atoms with Gasteiger partial charge in [0.15, 0.2) is 10.8 Å². The van der Waals surface area contributed by atoms with Gasteiger partial charge in [-0.1, -0.05) is 0 Å². The van der Waals surface area contributed by atoms with E-state index in [0.717, 1.165) is 18.6 Å². The number of rotatable bonds is 4. The fraction of sp³-hybridized carbons (Fsp3) is 0.333. The lowest BCUT2D eigenvalue weighted by atomic mass is 10.0. The number of piperidine rings is 1. The molecular formula is C21H22N4O3S. The third-order valence-corrected chi connectivity index (χ3v) is 6.17. The number of aryl methyl sites for hydroxylation is 2. The third-order valence-electron chi connectivity index (χ3n) is 5.00. The van der Waals surface area contributed by atoms with E-state index in [0.29, 0.717) is 40.0 Å². The van der Waals surface area contributed by atoms with Crippen LogP contribution >= 0.6 is 11.3 Å². The van der Waals surface area contributed by atoms with E-state index in [1.165, 1.54) is 11.3 Å². The van der Waals surface area contributed by atoms with E-state index in [2.05, 4.69) is 15.3 Å². The highest BCUT2D eigenvalue weighted by atomic mass is 32.1. The minimum Gasteiger partial charge on any atom is -0.459 e. The van der Waals surface area contributed by atoms with Gasteiger partial charge >= 0.3 is 0 Å². The molecule has 29 heavy (non-hydrogen) atoms. The number of hydrogen-bond donors (Lipinski definition) is 1. The van der Waals surface area contributed by atoms with Gasteiger partial charge < -0.3 is 14.6 Å². The van der Waals surface area contributed by atoms with Crippen molar-refractivity contribution in [2.24, 2.45) is 0 Å². The van der Waals surface area contributed by atoms with E-state index >= 15 is 0 Å². The zero-order valence-corrected chi connectivity index (χ0v) is 17.2. The highest BCUT2D eigenvalue weighted by molar-refractivity contribution is 7.17. The number of likely N-dealkylation sites (tertiary alicyclic amines) is 1. The molecule has 7 nitrogen and oxygen atoms in total. The molecule has 1 N–H and O–H groups in total. The quantitative estimate of drug-likeness (QED) is 0.712. The Labute approximate surface area is 172 Å². The Bertz CT molecular complexity index is 1020. The second kappa shape index (κ2) is 8.16. The van der Waals surface area contributed by atoms with Crippen LogP contribution in [0.4, 0.5) is 0 Å².